The summed E-state index contributed by atoms with van der Waals surface area (Å²) < 4.78 is 38.0. The summed E-state index contributed by atoms with van der Waals surface area (Å²) in [7, 11) is 0. The monoisotopic (exact) mass is 336 g/mol. The van der Waals surface area contributed by atoms with E-state index in [0.29, 0.717) is 19.4 Å². The molecule has 1 atom stereocenters. The molecular formula is C13H15F3N2O3S. The van der Waals surface area contributed by atoms with Crippen molar-refractivity contribution in [1.82, 2.24) is 4.90 Å². The molecule has 4 N–H and O–H groups in total. The van der Waals surface area contributed by atoms with Crippen molar-refractivity contribution < 1.29 is 28.3 Å². The van der Waals surface area contributed by atoms with Gasteiger partial charge in [-0.05, 0) is 25.0 Å². The third-order valence-corrected chi connectivity index (χ3v) is 3.71. The number of nitrogens with two attached hydrogens (primary N) is 1. The average molecular weight is 336 g/mol. The number of carboxylic acids is 1. The van der Waals surface area contributed by atoms with Crippen LogP contribution in [0.4, 0.5) is 13.2 Å². The summed E-state index contributed by atoms with van der Waals surface area (Å²) in [4.78, 5) is 12.7. The second-order valence-corrected chi connectivity index (χ2v) is 4.96. The molecule has 5 nitrogen and oxygen atoms in total. The molecule has 0 spiro atoms. The number of likely N-dealkylation sites (tertiary alicyclic amines) is 1. The van der Waals surface area contributed by atoms with Crippen molar-refractivity contribution in [3.8, 4) is 0 Å². The molecule has 0 bridgehead atoms. The number of hydrogen-bond acceptors (Lipinski definition) is 4. The Kier molecular flexibility index (Phi) is 6.27. The predicted molar refractivity (Wildman–Crippen MR) is 76.5 cm³/mol. The largest absolute Gasteiger partial charge is 0.480 e. The molecule has 22 heavy (non-hydrogen) atoms. The van der Waals surface area contributed by atoms with E-state index in [1.54, 1.807) is 0 Å². The number of aliphatic carboxylic acids is 1. The summed E-state index contributed by atoms with van der Waals surface area (Å²) in [5.74, 6) is 2.50. The number of nitrogens with zero attached hydrogens (tertiary/aromatic N) is 1. The van der Waals surface area contributed by atoms with Crippen molar-refractivity contribution in [2.45, 2.75) is 25.1 Å². The molecule has 1 aromatic carbocycles. The maximum absolute atomic E-state index is 12.7. The quantitative estimate of drug-likeness (QED) is 0.567. The molecular weight excluding hydrogens is 321 g/mol. The first kappa shape index (κ1) is 18.3. The topological polar surface area (TPSA) is 86.8 Å². The zero-order chi connectivity index (χ0) is 16.9. The zero-order valence-corrected chi connectivity index (χ0v) is 12.2. The number of alkyl halides is 3. The predicted octanol–water partition coefficient (Wildman–Crippen LogP) is 2.26. The number of halogens is 3. The van der Waals surface area contributed by atoms with E-state index in [0.717, 1.165) is 12.1 Å². The van der Waals surface area contributed by atoms with E-state index < -0.39 is 23.8 Å². The lowest BCUT2D eigenvalue weighted by atomic mass is 10.1. The smallest absolute Gasteiger partial charge is 0.416 e. The van der Waals surface area contributed by atoms with Gasteiger partial charge in [0.05, 0.1) is 5.56 Å². The van der Waals surface area contributed by atoms with Gasteiger partial charge in [-0.3, -0.25) is 0 Å². The van der Waals surface area contributed by atoms with Crippen LogP contribution in [0, 0.1) is 0 Å². The molecule has 0 radical (unpaired) electrons. The Morgan fingerprint density at radius 1 is 1.36 bits per heavy atom. The number of thiocarbonyl (C=S) groups is 1. The summed E-state index contributed by atoms with van der Waals surface area (Å²) in [6, 6.07) is 3.91. The number of benzene rings is 1. The molecule has 0 amide bonds. The van der Waals surface area contributed by atoms with Crippen molar-refractivity contribution in [2.75, 3.05) is 6.54 Å². The molecule has 0 saturated carbocycles. The maximum Gasteiger partial charge on any atom is 0.416 e. The Morgan fingerprint density at radius 2 is 2.00 bits per heavy atom. The molecule has 0 aromatic heterocycles. The number of carbonyl (C=O) groups is 1. The van der Waals surface area contributed by atoms with E-state index in [1.807, 2.05) is 0 Å². The molecule has 2 rings (SSSR count). The third kappa shape index (κ3) is 4.15. The lowest BCUT2D eigenvalue weighted by molar-refractivity contribution is -0.141. The fourth-order valence-electron chi connectivity index (χ4n) is 2.26. The average Bonchev–Trinajstić information content (AvgIpc) is 2.97. The van der Waals surface area contributed by atoms with Gasteiger partial charge in [-0.25, -0.2) is 10.7 Å². The van der Waals surface area contributed by atoms with Gasteiger partial charge in [0, 0.05) is 12.1 Å². The van der Waals surface area contributed by atoms with E-state index in [4.69, 9.17) is 22.5 Å². The molecule has 0 aliphatic carbocycles. The lowest BCUT2D eigenvalue weighted by Gasteiger charge is -2.24. The highest BCUT2D eigenvalue weighted by atomic mass is 32.1. The van der Waals surface area contributed by atoms with Crippen LogP contribution in [0.5, 0.6) is 0 Å². The minimum atomic E-state index is -4.44. The fourth-order valence-corrected chi connectivity index (χ4v) is 2.61. The van der Waals surface area contributed by atoms with Gasteiger partial charge in [-0.15, -0.1) is 0 Å². The van der Waals surface area contributed by atoms with Crippen LogP contribution >= 0.6 is 12.2 Å². The van der Waals surface area contributed by atoms with Crippen LogP contribution in [0.25, 0.3) is 0 Å². The third-order valence-electron chi connectivity index (χ3n) is 3.24. The number of rotatable bonds is 2. The second-order valence-electron chi connectivity index (χ2n) is 4.57. The Balaban J connectivity index is 0.00000116. The van der Waals surface area contributed by atoms with Gasteiger partial charge in [-0.1, -0.05) is 24.4 Å². The van der Waals surface area contributed by atoms with Crippen LogP contribution in [0.1, 0.15) is 24.0 Å². The normalized spacial score (nSPS) is 17.7. The Labute approximate surface area is 130 Å². The first-order chi connectivity index (χ1) is 10.3. The molecule has 9 heteroatoms. The van der Waals surface area contributed by atoms with Crippen LogP contribution in [0.3, 0.4) is 0 Å². The summed E-state index contributed by atoms with van der Waals surface area (Å²) in [6.45, 7) is 0.450. The van der Waals surface area contributed by atoms with Crippen molar-refractivity contribution >= 4 is 23.2 Å². The van der Waals surface area contributed by atoms with E-state index in [1.165, 1.54) is 17.0 Å². The molecule has 1 aliphatic rings. The SMILES string of the molecule is NO.O=C(O)C1CCCN1C(=S)c1cccc(C(F)(F)F)c1. The summed E-state index contributed by atoms with van der Waals surface area (Å²) in [5, 5.41) is 15.6. The minimum Gasteiger partial charge on any atom is -0.480 e. The van der Waals surface area contributed by atoms with E-state index in [2.05, 4.69) is 5.90 Å². The molecule has 1 saturated heterocycles. The van der Waals surface area contributed by atoms with Crippen LogP contribution in [0.15, 0.2) is 24.3 Å². The van der Waals surface area contributed by atoms with Gasteiger partial charge >= 0.3 is 12.1 Å². The van der Waals surface area contributed by atoms with Crippen molar-refractivity contribution in [3.63, 3.8) is 0 Å². The van der Waals surface area contributed by atoms with Gasteiger partial charge in [0.25, 0.3) is 0 Å². The van der Waals surface area contributed by atoms with Gasteiger partial charge in [-0.2, -0.15) is 13.2 Å². The van der Waals surface area contributed by atoms with Crippen LogP contribution in [-0.2, 0) is 11.0 Å². The second kappa shape index (κ2) is 7.52. The lowest BCUT2D eigenvalue weighted by Crippen LogP contribution is -2.39. The first-order valence-electron chi connectivity index (χ1n) is 6.27. The number of carboxylic acid groups (broad SMARTS) is 1. The minimum absolute atomic E-state index is 0.154. The van der Waals surface area contributed by atoms with Crippen molar-refractivity contribution in [3.05, 3.63) is 35.4 Å². The Bertz CT molecular complexity index is 552. The molecule has 1 heterocycles. The van der Waals surface area contributed by atoms with E-state index in [-0.39, 0.29) is 10.6 Å². The highest BCUT2D eigenvalue weighted by Gasteiger charge is 2.34. The molecule has 1 unspecified atom stereocenters. The Morgan fingerprint density at radius 3 is 2.55 bits per heavy atom. The molecule has 1 aliphatic heterocycles. The first-order valence-corrected chi connectivity index (χ1v) is 6.68. The number of hydrogen-bond donors (Lipinski definition) is 3. The van der Waals surface area contributed by atoms with E-state index in [9.17, 15) is 18.0 Å². The standard InChI is InChI=1S/C13H12F3NO2S.H3NO/c14-13(15,16)9-4-1-3-8(7-9)11(20)17-6-2-5-10(17)12(18)19;1-2/h1,3-4,7,10H,2,5-6H2,(H,18,19);2H,1H2. The van der Waals surface area contributed by atoms with Crippen LogP contribution < -0.4 is 5.90 Å². The zero-order valence-electron chi connectivity index (χ0n) is 11.4. The van der Waals surface area contributed by atoms with Gasteiger partial charge < -0.3 is 15.2 Å². The van der Waals surface area contributed by atoms with Crippen molar-refractivity contribution in [2.24, 2.45) is 5.90 Å². The van der Waals surface area contributed by atoms with Crippen LogP contribution in [0.2, 0.25) is 0 Å². The highest BCUT2D eigenvalue weighted by molar-refractivity contribution is 7.80. The maximum atomic E-state index is 12.7. The van der Waals surface area contributed by atoms with Gasteiger partial charge in [0.15, 0.2) is 0 Å². The van der Waals surface area contributed by atoms with Crippen molar-refractivity contribution in [1.29, 1.82) is 0 Å². The van der Waals surface area contributed by atoms with Crippen LogP contribution in [-0.4, -0.2) is 38.8 Å². The summed E-state index contributed by atoms with van der Waals surface area (Å²) in [6.07, 6.45) is -3.33. The van der Waals surface area contributed by atoms with Gasteiger partial charge in [0.1, 0.15) is 11.0 Å². The molecule has 1 fully saturated rings. The summed E-state index contributed by atoms with van der Waals surface area (Å²) in [5.41, 5.74) is -0.564. The van der Waals surface area contributed by atoms with Gasteiger partial charge in [0.2, 0.25) is 0 Å². The molecule has 122 valence electrons. The Hall–Kier alpha value is -1.71. The summed E-state index contributed by atoms with van der Waals surface area (Å²) >= 11 is 5.15. The fraction of sp³-hybridized carbons (Fsp3) is 0.385. The van der Waals surface area contributed by atoms with E-state index >= 15 is 0 Å². The molecule has 1 aromatic rings. The highest BCUT2D eigenvalue weighted by Crippen LogP contribution is 2.30.